The van der Waals surface area contributed by atoms with Gasteiger partial charge >= 0.3 is 5.97 Å². The Morgan fingerprint density at radius 3 is 2.88 bits per heavy atom. The maximum Gasteiger partial charge on any atom is 0.307 e. The maximum absolute atomic E-state index is 11.2. The standard InChI is InChI=1S/C12H19N3O2/c1-4-17-11(16)5-6-15(3)12-10(13)7-9(2)8-14-12/h7-8H,4-6,13H2,1-3H3. The van der Waals surface area contributed by atoms with Crippen molar-refractivity contribution in [2.24, 2.45) is 0 Å². The Morgan fingerprint density at radius 1 is 1.59 bits per heavy atom. The highest BCUT2D eigenvalue weighted by Gasteiger charge is 2.09. The quantitative estimate of drug-likeness (QED) is 0.783. The molecule has 0 fully saturated rings. The fourth-order valence-corrected chi connectivity index (χ4v) is 1.50. The number of hydrogen-bond acceptors (Lipinski definition) is 5. The van der Waals surface area contributed by atoms with E-state index in [1.165, 1.54) is 0 Å². The average molecular weight is 237 g/mol. The molecule has 0 saturated heterocycles. The van der Waals surface area contributed by atoms with E-state index in [4.69, 9.17) is 10.5 Å². The van der Waals surface area contributed by atoms with Crippen molar-refractivity contribution in [2.75, 3.05) is 30.8 Å². The summed E-state index contributed by atoms with van der Waals surface area (Å²) in [5, 5.41) is 0. The molecule has 0 aliphatic carbocycles. The third-order valence-electron chi connectivity index (χ3n) is 2.35. The molecule has 2 N–H and O–H groups in total. The lowest BCUT2D eigenvalue weighted by atomic mass is 10.2. The number of aryl methyl sites for hydroxylation is 1. The summed E-state index contributed by atoms with van der Waals surface area (Å²) < 4.78 is 4.86. The minimum atomic E-state index is -0.204. The van der Waals surface area contributed by atoms with Gasteiger partial charge < -0.3 is 15.4 Å². The van der Waals surface area contributed by atoms with Gasteiger partial charge in [0, 0.05) is 19.8 Å². The zero-order valence-corrected chi connectivity index (χ0v) is 10.6. The SMILES string of the molecule is CCOC(=O)CCN(C)c1ncc(C)cc1N. The number of nitrogen functional groups attached to an aromatic ring is 1. The van der Waals surface area contributed by atoms with E-state index in [1.54, 1.807) is 13.1 Å². The molecule has 94 valence electrons. The summed E-state index contributed by atoms with van der Waals surface area (Å²) in [7, 11) is 1.85. The number of anilines is 2. The van der Waals surface area contributed by atoms with Gasteiger partial charge in [-0.15, -0.1) is 0 Å². The number of ether oxygens (including phenoxy) is 1. The molecule has 0 radical (unpaired) electrons. The lowest BCUT2D eigenvalue weighted by Gasteiger charge is -2.19. The Balaban J connectivity index is 2.57. The predicted molar refractivity (Wildman–Crippen MR) is 67.9 cm³/mol. The molecule has 1 rings (SSSR count). The van der Waals surface area contributed by atoms with Crippen LogP contribution in [-0.2, 0) is 9.53 Å². The zero-order chi connectivity index (χ0) is 12.8. The molecule has 1 heterocycles. The lowest BCUT2D eigenvalue weighted by Crippen LogP contribution is -2.23. The zero-order valence-electron chi connectivity index (χ0n) is 10.6. The van der Waals surface area contributed by atoms with Crippen LogP contribution in [-0.4, -0.2) is 31.2 Å². The van der Waals surface area contributed by atoms with Crippen LogP contribution in [0.2, 0.25) is 0 Å². The van der Waals surface area contributed by atoms with Crippen molar-refractivity contribution in [1.82, 2.24) is 4.98 Å². The van der Waals surface area contributed by atoms with Gasteiger partial charge in [0.05, 0.1) is 18.7 Å². The molecule has 5 nitrogen and oxygen atoms in total. The number of carbonyl (C=O) groups is 1. The fourth-order valence-electron chi connectivity index (χ4n) is 1.50. The second kappa shape index (κ2) is 6.08. The van der Waals surface area contributed by atoms with Crippen LogP contribution >= 0.6 is 0 Å². The van der Waals surface area contributed by atoms with Crippen LogP contribution in [0.25, 0.3) is 0 Å². The topological polar surface area (TPSA) is 68.5 Å². The Morgan fingerprint density at radius 2 is 2.29 bits per heavy atom. The van der Waals surface area contributed by atoms with Gasteiger partial charge in [-0.25, -0.2) is 4.98 Å². The molecule has 0 amide bonds. The highest BCUT2D eigenvalue weighted by molar-refractivity contribution is 5.71. The first-order valence-electron chi connectivity index (χ1n) is 5.63. The molecule has 0 aromatic carbocycles. The van der Waals surface area contributed by atoms with Crippen LogP contribution in [0.15, 0.2) is 12.3 Å². The summed E-state index contributed by atoms with van der Waals surface area (Å²) in [5.74, 6) is 0.491. The van der Waals surface area contributed by atoms with Crippen LogP contribution in [0.4, 0.5) is 11.5 Å². The molecule has 1 aromatic rings. The van der Waals surface area contributed by atoms with Crippen molar-refractivity contribution >= 4 is 17.5 Å². The van der Waals surface area contributed by atoms with E-state index in [1.807, 2.05) is 24.9 Å². The van der Waals surface area contributed by atoms with Gasteiger partial charge in [-0.2, -0.15) is 0 Å². The van der Waals surface area contributed by atoms with Crippen LogP contribution in [0.5, 0.6) is 0 Å². The van der Waals surface area contributed by atoms with Crippen LogP contribution in [0, 0.1) is 6.92 Å². The van der Waals surface area contributed by atoms with Crippen molar-refractivity contribution in [2.45, 2.75) is 20.3 Å². The molecule has 5 heteroatoms. The number of nitrogens with two attached hydrogens (primary N) is 1. The van der Waals surface area contributed by atoms with Gasteiger partial charge in [-0.05, 0) is 25.5 Å². The van der Waals surface area contributed by atoms with E-state index in [0.29, 0.717) is 31.1 Å². The number of esters is 1. The Bertz CT molecular complexity index is 393. The minimum absolute atomic E-state index is 0.204. The summed E-state index contributed by atoms with van der Waals surface area (Å²) in [6.45, 7) is 4.68. The number of aromatic nitrogens is 1. The summed E-state index contributed by atoms with van der Waals surface area (Å²) in [6.07, 6.45) is 2.09. The van der Waals surface area contributed by atoms with Gasteiger partial charge in [0.15, 0.2) is 5.82 Å². The number of carbonyl (C=O) groups excluding carboxylic acids is 1. The molecule has 0 atom stereocenters. The molecule has 0 spiro atoms. The van der Waals surface area contributed by atoms with Crippen molar-refractivity contribution in [3.8, 4) is 0 Å². The van der Waals surface area contributed by atoms with Gasteiger partial charge in [-0.1, -0.05) is 0 Å². The Hall–Kier alpha value is -1.78. The van der Waals surface area contributed by atoms with E-state index in [0.717, 1.165) is 5.56 Å². The molecular weight excluding hydrogens is 218 g/mol. The van der Waals surface area contributed by atoms with Crippen molar-refractivity contribution in [3.63, 3.8) is 0 Å². The molecule has 0 aliphatic rings. The molecule has 0 unspecified atom stereocenters. The van der Waals surface area contributed by atoms with E-state index in [9.17, 15) is 4.79 Å². The van der Waals surface area contributed by atoms with E-state index >= 15 is 0 Å². The Kier molecular flexibility index (Phi) is 4.75. The summed E-state index contributed by atoms with van der Waals surface area (Å²) in [5.41, 5.74) is 7.51. The largest absolute Gasteiger partial charge is 0.466 e. The maximum atomic E-state index is 11.2. The first-order valence-corrected chi connectivity index (χ1v) is 5.63. The first-order chi connectivity index (χ1) is 8.04. The highest BCUT2D eigenvalue weighted by atomic mass is 16.5. The third-order valence-corrected chi connectivity index (χ3v) is 2.35. The normalized spacial score (nSPS) is 10.1. The Labute approximate surface area is 102 Å². The van der Waals surface area contributed by atoms with Gasteiger partial charge in [0.2, 0.25) is 0 Å². The number of rotatable bonds is 5. The molecular formula is C12H19N3O2. The average Bonchev–Trinajstić information content (AvgIpc) is 2.26. The molecule has 0 aliphatic heterocycles. The van der Waals surface area contributed by atoms with E-state index in [-0.39, 0.29) is 5.97 Å². The van der Waals surface area contributed by atoms with E-state index in [2.05, 4.69) is 4.98 Å². The van der Waals surface area contributed by atoms with Gasteiger partial charge in [-0.3, -0.25) is 4.79 Å². The minimum Gasteiger partial charge on any atom is -0.466 e. The highest BCUT2D eigenvalue weighted by Crippen LogP contribution is 2.19. The number of pyridine rings is 1. The second-order valence-corrected chi connectivity index (χ2v) is 3.90. The summed E-state index contributed by atoms with van der Waals surface area (Å²) >= 11 is 0. The molecule has 0 saturated carbocycles. The smallest absolute Gasteiger partial charge is 0.307 e. The monoisotopic (exact) mass is 237 g/mol. The van der Waals surface area contributed by atoms with Crippen LogP contribution in [0.1, 0.15) is 18.9 Å². The third kappa shape index (κ3) is 3.94. The van der Waals surface area contributed by atoms with Crippen molar-refractivity contribution in [3.05, 3.63) is 17.8 Å². The van der Waals surface area contributed by atoms with Gasteiger partial charge in [0.1, 0.15) is 0 Å². The summed E-state index contributed by atoms with van der Waals surface area (Å²) in [6, 6.07) is 1.86. The summed E-state index contributed by atoms with van der Waals surface area (Å²) in [4.78, 5) is 17.3. The molecule has 0 bridgehead atoms. The molecule has 1 aromatic heterocycles. The second-order valence-electron chi connectivity index (χ2n) is 3.90. The van der Waals surface area contributed by atoms with Crippen LogP contribution in [0.3, 0.4) is 0 Å². The van der Waals surface area contributed by atoms with Crippen molar-refractivity contribution in [1.29, 1.82) is 0 Å². The van der Waals surface area contributed by atoms with Gasteiger partial charge in [0.25, 0.3) is 0 Å². The van der Waals surface area contributed by atoms with Crippen LogP contribution < -0.4 is 10.6 Å². The first kappa shape index (κ1) is 13.3. The van der Waals surface area contributed by atoms with E-state index < -0.39 is 0 Å². The fraction of sp³-hybridized carbons (Fsp3) is 0.500. The number of hydrogen-bond donors (Lipinski definition) is 1. The lowest BCUT2D eigenvalue weighted by molar-refractivity contribution is -0.142. The molecule has 17 heavy (non-hydrogen) atoms. The van der Waals surface area contributed by atoms with Crippen molar-refractivity contribution < 1.29 is 9.53 Å². The number of nitrogens with zero attached hydrogens (tertiary/aromatic N) is 2. The predicted octanol–water partition coefficient (Wildman–Crippen LogP) is 1.36.